The van der Waals surface area contributed by atoms with E-state index in [9.17, 15) is 14.3 Å². The lowest BCUT2D eigenvalue weighted by Crippen LogP contribution is -2.38. The number of aliphatic hydroxyl groups is 1. The average molecular weight is 360 g/mol. The highest BCUT2D eigenvalue weighted by atomic mass is 79.9. The van der Waals surface area contributed by atoms with E-state index in [1.165, 1.54) is 11.0 Å². The fourth-order valence-corrected chi connectivity index (χ4v) is 2.71. The number of hydrogen-bond donors (Lipinski definition) is 1. The van der Waals surface area contributed by atoms with Crippen molar-refractivity contribution in [3.63, 3.8) is 0 Å². The molecular weight excluding hydrogens is 341 g/mol. The molecule has 4 nitrogen and oxygen atoms in total. The fraction of sp³-hybridized carbons (Fsp3) is 0.533. The van der Waals surface area contributed by atoms with Crippen LogP contribution in [-0.2, 0) is 10.3 Å². The maximum atomic E-state index is 14.0. The van der Waals surface area contributed by atoms with Crippen molar-refractivity contribution in [2.75, 3.05) is 13.1 Å². The van der Waals surface area contributed by atoms with Gasteiger partial charge in [-0.15, -0.1) is 0 Å². The second kappa shape index (κ2) is 5.57. The molecule has 1 aromatic carbocycles. The van der Waals surface area contributed by atoms with Crippen LogP contribution in [0.15, 0.2) is 22.7 Å². The van der Waals surface area contributed by atoms with Gasteiger partial charge in [-0.2, -0.15) is 0 Å². The molecule has 1 atom stereocenters. The van der Waals surface area contributed by atoms with Gasteiger partial charge in [0.05, 0.1) is 6.54 Å². The molecule has 6 heteroatoms. The summed E-state index contributed by atoms with van der Waals surface area (Å²) in [5, 5.41) is 10.7. The first-order valence-electron chi connectivity index (χ1n) is 6.77. The Morgan fingerprint density at radius 1 is 1.48 bits per heavy atom. The molecule has 0 saturated carbocycles. The SMILES string of the molecule is CC(C)(C)OC(=O)N1CC[C@](O)(c2cc(Br)ccc2F)C1. The molecule has 0 spiro atoms. The van der Waals surface area contributed by atoms with E-state index < -0.39 is 23.1 Å². The average Bonchev–Trinajstić information content (AvgIpc) is 2.74. The maximum absolute atomic E-state index is 14.0. The Hall–Kier alpha value is -1.14. The second-order valence-corrected chi connectivity index (χ2v) is 7.22. The summed E-state index contributed by atoms with van der Waals surface area (Å²) in [6.07, 6.45) is -0.214. The van der Waals surface area contributed by atoms with Gasteiger partial charge in [0.2, 0.25) is 0 Å². The molecule has 0 aliphatic carbocycles. The Labute approximate surface area is 132 Å². The van der Waals surface area contributed by atoms with Crippen LogP contribution in [0.4, 0.5) is 9.18 Å². The van der Waals surface area contributed by atoms with Crippen LogP contribution in [0.2, 0.25) is 0 Å². The summed E-state index contributed by atoms with van der Waals surface area (Å²) >= 11 is 3.27. The van der Waals surface area contributed by atoms with Crippen molar-refractivity contribution in [1.82, 2.24) is 4.90 Å². The van der Waals surface area contributed by atoms with E-state index in [1.54, 1.807) is 32.9 Å². The highest BCUT2D eigenvalue weighted by Crippen LogP contribution is 2.35. The van der Waals surface area contributed by atoms with Crippen LogP contribution in [0.1, 0.15) is 32.8 Å². The lowest BCUT2D eigenvalue weighted by molar-refractivity contribution is 0.0129. The minimum Gasteiger partial charge on any atom is -0.444 e. The molecule has 1 fully saturated rings. The highest BCUT2D eigenvalue weighted by molar-refractivity contribution is 9.10. The molecule has 1 aliphatic heterocycles. The van der Waals surface area contributed by atoms with Crippen molar-refractivity contribution in [1.29, 1.82) is 0 Å². The Kier molecular flexibility index (Phi) is 4.31. The molecule has 1 aromatic rings. The third-order valence-corrected chi connectivity index (χ3v) is 3.82. The Balaban J connectivity index is 2.17. The Bertz CT molecular complexity index is 558. The molecule has 0 unspecified atom stereocenters. The van der Waals surface area contributed by atoms with Gasteiger partial charge in [-0.1, -0.05) is 15.9 Å². The van der Waals surface area contributed by atoms with Gasteiger partial charge in [0, 0.05) is 16.6 Å². The summed E-state index contributed by atoms with van der Waals surface area (Å²) in [5.74, 6) is -0.480. The predicted molar refractivity (Wildman–Crippen MR) is 80.4 cm³/mol. The topological polar surface area (TPSA) is 49.8 Å². The minimum atomic E-state index is -1.38. The molecule has 0 bridgehead atoms. The van der Waals surface area contributed by atoms with Gasteiger partial charge in [-0.25, -0.2) is 9.18 Å². The number of carbonyl (C=O) groups is 1. The van der Waals surface area contributed by atoms with Crippen LogP contribution in [-0.4, -0.2) is 34.8 Å². The number of likely N-dealkylation sites (tertiary alicyclic amines) is 1. The number of ether oxygens (including phenoxy) is 1. The van der Waals surface area contributed by atoms with Crippen molar-refractivity contribution in [3.8, 4) is 0 Å². The molecule has 1 N–H and O–H groups in total. The first-order valence-corrected chi connectivity index (χ1v) is 7.56. The van der Waals surface area contributed by atoms with Crippen LogP contribution in [0.5, 0.6) is 0 Å². The van der Waals surface area contributed by atoms with Gasteiger partial charge < -0.3 is 14.7 Å². The van der Waals surface area contributed by atoms with Gasteiger partial charge >= 0.3 is 6.09 Å². The summed E-state index contributed by atoms with van der Waals surface area (Å²) in [4.78, 5) is 13.4. The van der Waals surface area contributed by atoms with Crippen LogP contribution in [0.25, 0.3) is 0 Å². The molecule has 116 valence electrons. The molecule has 21 heavy (non-hydrogen) atoms. The number of halogens is 2. The number of carbonyl (C=O) groups excluding carboxylic acids is 1. The van der Waals surface area contributed by atoms with Crippen molar-refractivity contribution >= 4 is 22.0 Å². The number of benzene rings is 1. The van der Waals surface area contributed by atoms with Crippen LogP contribution in [0, 0.1) is 5.82 Å². The molecule has 1 amide bonds. The highest BCUT2D eigenvalue weighted by Gasteiger charge is 2.42. The van der Waals surface area contributed by atoms with Gasteiger partial charge in [0.1, 0.15) is 17.0 Å². The summed E-state index contributed by atoms with van der Waals surface area (Å²) in [6, 6.07) is 4.42. The standard InChI is InChI=1S/C15H19BrFNO3/c1-14(2,3)21-13(19)18-7-6-15(20,9-18)11-8-10(16)4-5-12(11)17/h4-5,8,20H,6-7,9H2,1-3H3/t15-/m1/s1. The lowest BCUT2D eigenvalue weighted by Gasteiger charge is -2.27. The quantitative estimate of drug-likeness (QED) is 0.835. The number of nitrogens with zero attached hydrogens (tertiary/aromatic N) is 1. The molecule has 0 aromatic heterocycles. The van der Waals surface area contributed by atoms with E-state index in [1.807, 2.05) is 0 Å². The number of β-amino-alcohol motifs (C(OH)–C–C–N with tert-alkyl or cyclic N) is 1. The number of hydrogen-bond acceptors (Lipinski definition) is 3. The van der Waals surface area contributed by atoms with Crippen LogP contribution in [0.3, 0.4) is 0 Å². The van der Waals surface area contributed by atoms with E-state index in [-0.39, 0.29) is 18.5 Å². The van der Waals surface area contributed by atoms with Crippen LogP contribution >= 0.6 is 15.9 Å². The van der Waals surface area contributed by atoms with Crippen molar-refractivity contribution in [2.24, 2.45) is 0 Å². The number of amides is 1. The molecule has 0 radical (unpaired) electrons. The summed E-state index contributed by atoms with van der Waals surface area (Å²) in [5.41, 5.74) is -1.79. The minimum absolute atomic E-state index is 0.0231. The van der Waals surface area contributed by atoms with E-state index in [2.05, 4.69) is 15.9 Å². The smallest absolute Gasteiger partial charge is 0.410 e. The lowest BCUT2D eigenvalue weighted by atomic mass is 9.92. The summed E-state index contributed by atoms with van der Waals surface area (Å²) in [6.45, 7) is 5.69. The van der Waals surface area contributed by atoms with E-state index >= 15 is 0 Å². The summed E-state index contributed by atoms with van der Waals surface area (Å²) < 4.78 is 19.9. The monoisotopic (exact) mass is 359 g/mol. The van der Waals surface area contributed by atoms with Gasteiger partial charge in [0.25, 0.3) is 0 Å². The zero-order valence-corrected chi connectivity index (χ0v) is 13.9. The van der Waals surface area contributed by atoms with E-state index in [0.717, 1.165) is 0 Å². The molecule has 1 saturated heterocycles. The van der Waals surface area contributed by atoms with Gasteiger partial charge in [-0.05, 0) is 45.4 Å². The van der Waals surface area contributed by atoms with E-state index in [4.69, 9.17) is 4.74 Å². The van der Waals surface area contributed by atoms with Crippen molar-refractivity contribution < 1.29 is 19.0 Å². The summed E-state index contributed by atoms with van der Waals surface area (Å²) in [7, 11) is 0. The Morgan fingerprint density at radius 2 is 2.14 bits per heavy atom. The first-order chi connectivity index (χ1) is 9.61. The molecule has 2 rings (SSSR count). The molecule has 1 heterocycles. The van der Waals surface area contributed by atoms with Crippen LogP contribution < -0.4 is 0 Å². The number of rotatable bonds is 1. The van der Waals surface area contributed by atoms with Gasteiger partial charge in [-0.3, -0.25) is 0 Å². The third-order valence-electron chi connectivity index (χ3n) is 3.33. The third kappa shape index (κ3) is 3.74. The second-order valence-electron chi connectivity index (χ2n) is 6.31. The van der Waals surface area contributed by atoms with E-state index in [0.29, 0.717) is 11.0 Å². The fourth-order valence-electron chi connectivity index (χ4n) is 2.35. The normalized spacial score (nSPS) is 22.5. The predicted octanol–water partition coefficient (Wildman–Crippen LogP) is 3.42. The van der Waals surface area contributed by atoms with Crippen molar-refractivity contribution in [2.45, 2.75) is 38.4 Å². The zero-order valence-electron chi connectivity index (χ0n) is 12.3. The zero-order chi connectivity index (χ0) is 15.8. The van der Waals surface area contributed by atoms with Gasteiger partial charge in [0.15, 0.2) is 0 Å². The Morgan fingerprint density at radius 3 is 2.76 bits per heavy atom. The molecule has 1 aliphatic rings. The largest absolute Gasteiger partial charge is 0.444 e. The molecular formula is C15H19BrFNO3. The first kappa shape index (κ1) is 16.2. The van der Waals surface area contributed by atoms with Crippen molar-refractivity contribution in [3.05, 3.63) is 34.1 Å². The maximum Gasteiger partial charge on any atom is 0.410 e.